The number of carbonyl (C=O) groups is 1. The summed E-state index contributed by atoms with van der Waals surface area (Å²) < 4.78 is 5.59. The summed E-state index contributed by atoms with van der Waals surface area (Å²) in [5.41, 5.74) is 3.59. The molecule has 4 nitrogen and oxygen atoms in total. The van der Waals surface area contributed by atoms with Crippen LogP contribution in [0, 0.1) is 0 Å². The van der Waals surface area contributed by atoms with E-state index in [1.165, 1.54) is 29.7 Å². The minimum absolute atomic E-state index is 0.162. The van der Waals surface area contributed by atoms with Crippen LogP contribution in [0.1, 0.15) is 79.4 Å². The number of carboxylic acid groups (broad SMARTS) is 1. The maximum Gasteiger partial charge on any atom is 0.339 e. The van der Waals surface area contributed by atoms with E-state index in [-0.39, 0.29) is 11.3 Å². The van der Waals surface area contributed by atoms with E-state index in [0.29, 0.717) is 24.2 Å². The summed E-state index contributed by atoms with van der Waals surface area (Å²) >= 11 is 0. The Morgan fingerprint density at radius 3 is 1.94 bits per heavy atom. The first-order valence-electron chi connectivity index (χ1n) is 11.2. The van der Waals surface area contributed by atoms with Gasteiger partial charge in [0.25, 0.3) is 0 Å². The topological polar surface area (TPSA) is 66.8 Å². The Morgan fingerprint density at radius 1 is 0.844 bits per heavy atom. The average molecular weight is 435 g/mol. The lowest BCUT2D eigenvalue weighted by atomic mass is 9.98. The minimum atomic E-state index is -1.18. The van der Waals surface area contributed by atoms with Crippen molar-refractivity contribution in [1.29, 1.82) is 0 Å². The molecule has 2 unspecified atom stereocenters. The van der Waals surface area contributed by atoms with Crippen LogP contribution in [0.5, 0.6) is 11.5 Å². The van der Waals surface area contributed by atoms with Crippen LogP contribution in [0.2, 0.25) is 0 Å². The summed E-state index contributed by atoms with van der Waals surface area (Å²) in [5.74, 6) is 0.214. The highest BCUT2D eigenvalue weighted by Gasteiger charge is 2.11. The number of carboxylic acids is 1. The first kappa shape index (κ1) is 25.0. The fourth-order valence-electron chi connectivity index (χ4n) is 3.14. The molecule has 0 spiro atoms. The highest BCUT2D eigenvalue weighted by atomic mass is 16.5. The predicted molar refractivity (Wildman–Crippen MR) is 130 cm³/mol. The number of aromatic hydroxyl groups is 1. The molecule has 0 bridgehead atoms. The minimum Gasteiger partial charge on any atom is -0.507 e. The Bertz CT molecular complexity index is 964. The van der Waals surface area contributed by atoms with Gasteiger partial charge in [0.15, 0.2) is 0 Å². The maximum absolute atomic E-state index is 11.0. The Labute approximate surface area is 191 Å². The molecule has 0 aliphatic heterocycles. The molecule has 0 saturated carbocycles. The van der Waals surface area contributed by atoms with E-state index in [2.05, 4.69) is 70.2 Å². The molecule has 32 heavy (non-hydrogen) atoms. The van der Waals surface area contributed by atoms with Crippen LogP contribution >= 0.6 is 0 Å². The zero-order valence-electron chi connectivity index (χ0n) is 19.4. The normalized spacial score (nSPS) is 12.2. The zero-order chi connectivity index (χ0) is 23.5. The van der Waals surface area contributed by atoms with Crippen LogP contribution in [-0.4, -0.2) is 16.2 Å². The summed E-state index contributed by atoms with van der Waals surface area (Å²) in [5, 5.41) is 18.4. The second kappa shape index (κ2) is 12.6. The molecular weight excluding hydrogens is 400 g/mol. The molecule has 4 heteroatoms. The zero-order valence-corrected chi connectivity index (χ0v) is 19.4. The first-order chi connectivity index (χ1) is 15.3. The van der Waals surface area contributed by atoms with Crippen LogP contribution in [-0.2, 0) is 6.61 Å². The van der Waals surface area contributed by atoms with Gasteiger partial charge in [-0.1, -0.05) is 82.3 Å². The molecular formula is C28H34O4. The van der Waals surface area contributed by atoms with E-state index in [1.54, 1.807) is 6.07 Å². The number of phenols is 1. The fraction of sp³-hybridized carbons (Fsp3) is 0.321. The third-order valence-electron chi connectivity index (χ3n) is 5.75. The van der Waals surface area contributed by atoms with Crippen molar-refractivity contribution in [3.63, 3.8) is 0 Å². The molecule has 2 N–H and O–H groups in total. The van der Waals surface area contributed by atoms with Gasteiger partial charge in [0.1, 0.15) is 23.7 Å². The number of hydrogen-bond acceptors (Lipinski definition) is 3. The van der Waals surface area contributed by atoms with Crippen LogP contribution in [0.4, 0.5) is 0 Å². The molecule has 0 radical (unpaired) electrons. The van der Waals surface area contributed by atoms with Crippen molar-refractivity contribution in [2.75, 3.05) is 0 Å². The Kier molecular flexibility index (Phi) is 9.80. The number of aromatic carboxylic acids is 1. The number of hydrogen-bond donors (Lipinski definition) is 2. The SMILES string of the molecule is CCC(C)c1ccc(COc2ccc(O)c(C(=O)O)c2)cc1.CCC(C)c1ccccc1. The molecule has 0 aliphatic rings. The van der Waals surface area contributed by atoms with E-state index in [9.17, 15) is 9.90 Å². The maximum atomic E-state index is 11.0. The lowest BCUT2D eigenvalue weighted by Gasteiger charge is -2.11. The largest absolute Gasteiger partial charge is 0.507 e. The molecule has 0 fully saturated rings. The van der Waals surface area contributed by atoms with Crippen LogP contribution in [0.3, 0.4) is 0 Å². The molecule has 0 aliphatic carbocycles. The van der Waals surface area contributed by atoms with Gasteiger partial charge in [-0.15, -0.1) is 0 Å². The van der Waals surface area contributed by atoms with Crippen LogP contribution < -0.4 is 4.74 Å². The van der Waals surface area contributed by atoms with Crippen molar-refractivity contribution in [3.05, 3.63) is 95.1 Å². The predicted octanol–water partition coefficient (Wildman–Crippen LogP) is 7.38. The quantitative estimate of drug-likeness (QED) is 0.388. The van der Waals surface area contributed by atoms with E-state index in [1.807, 2.05) is 12.1 Å². The van der Waals surface area contributed by atoms with Gasteiger partial charge in [-0.05, 0) is 59.6 Å². The van der Waals surface area contributed by atoms with Gasteiger partial charge in [-0.3, -0.25) is 0 Å². The van der Waals surface area contributed by atoms with Crippen molar-refractivity contribution in [1.82, 2.24) is 0 Å². The molecule has 0 heterocycles. The fourth-order valence-corrected chi connectivity index (χ4v) is 3.14. The molecule has 0 saturated heterocycles. The average Bonchev–Trinajstić information content (AvgIpc) is 2.83. The van der Waals surface area contributed by atoms with E-state index in [0.717, 1.165) is 12.0 Å². The van der Waals surface area contributed by atoms with Gasteiger partial charge in [0.05, 0.1) is 0 Å². The van der Waals surface area contributed by atoms with E-state index < -0.39 is 5.97 Å². The smallest absolute Gasteiger partial charge is 0.339 e. The molecule has 3 aromatic rings. The third-order valence-corrected chi connectivity index (χ3v) is 5.75. The van der Waals surface area contributed by atoms with Crippen LogP contribution in [0.15, 0.2) is 72.8 Å². The van der Waals surface area contributed by atoms with Gasteiger partial charge < -0.3 is 14.9 Å². The number of rotatable bonds is 8. The number of benzene rings is 3. The van der Waals surface area contributed by atoms with Gasteiger partial charge in [-0.2, -0.15) is 0 Å². The van der Waals surface area contributed by atoms with Crippen molar-refractivity contribution >= 4 is 5.97 Å². The second-order valence-corrected chi connectivity index (χ2v) is 8.04. The molecule has 3 aromatic carbocycles. The summed E-state index contributed by atoms with van der Waals surface area (Å²) in [6, 6.07) is 23.0. The third kappa shape index (κ3) is 7.45. The Hall–Kier alpha value is -3.27. The lowest BCUT2D eigenvalue weighted by molar-refractivity contribution is 0.0693. The molecule has 0 aromatic heterocycles. The Balaban J connectivity index is 0.000000303. The monoisotopic (exact) mass is 434 g/mol. The molecule has 170 valence electrons. The summed E-state index contributed by atoms with van der Waals surface area (Å²) in [4.78, 5) is 11.0. The summed E-state index contributed by atoms with van der Waals surface area (Å²) in [7, 11) is 0. The standard InChI is InChI=1S/C18H20O4.C10H14/c1-3-12(2)14-6-4-13(5-7-14)11-22-15-8-9-17(19)16(10-15)18(20)21;1-3-9(2)10-7-5-4-6-8-10/h4-10,12,19H,3,11H2,1-2H3,(H,20,21);4-9H,3H2,1-2H3. The van der Waals surface area contributed by atoms with Gasteiger partial charge in [0, 0.05) is 0 Å². The van der Waals surface area contributed by atoms with Gasteiger partial charge in [-0.25, -0.2) is 4.79 Å². The molecule has 3 rings (SSSR count). The van der Waals surface area contributed by atoms with E-state index in [4.69, 9.17) is 9.84 Å². The van der Waals surface area contributed by atoms with Crippen molar-refractivity contribution in [3.8, 4) is 11.5 Å². The van der Waals surface area contributed by atoms with Crippen LogP contribution in [0.25, 0.3) is 0 Å². The van der Waals surface area contributed by atoms with Crippen molar-refractivity contribution in [2.24, 2.45) is 0 Å². The number of ether oxygens (including phenoxy) is 1. The van der Waals surface area contributed by atoms with Crippen molar-refractivity contribution in [2.45, 2.75) is 59.0 Å². The molecule has 0 amide bonds. The highest BCUT2D eigenvalue weighted by molar-refractivity contribution is 5.91. The highest BCUT2D eigenvalue weighted by Crippen LogP contribution is 2.24. The summed E-state index contributed by atoms with van der Waals surface area (Å²) in [6.45, 7) is 9.18. The van der Waals surface area contributed by atoms with Crippen molar-refractivity contribution < 1.29 is 19.7 Å². The Morgan fingerprint density at radius 2 is 1.41 bits per heavy atom. The summed E-state index contributed by atoms with van der Waals surface area (Å²) in [6.07, 6.45) is 2.32. The first-order valence-corrected chi connectivity index (χ1v) is 11.2. The van der Waals surface area contributed by atoms with Gasteiger partial charge >= 0.3 is 5.97 Å². The van der Waals surface area contributed by atoms with E-state index >= 15 is 0 Å². The lowest BCUT2D eigenvalue weighted by Crippen LogP contribution is -2.00. The second-order valence-electron chi connectivity index (χ2n) is 8.04. The van der Waals surface area contributed by atoms with Gasteiger partial charge in [0.2, 0.25) is 0 Å². The molecule has 2 atom stereocenters.